The molecule has 1 aliphatic rings. The predicted octanol–water partition coefficient (Wildman–Crippen LogP) is 3.77. The number of thioether (sulfide) groups is 1. The van der Waals surface area contributed by atoms with E-state index in [0.717, 1.165) is 21.7 Å². The van der Waals surface area contributed by atoms with Gasteiger partial charge in [0.25, 0.3) is 11.8 Å². The molecule has 10 heteroatoms. The molecule has 3 amide bonds. The molecule has 1 aliphatic heterocycles. The Morgan fingerprint density at radius 3 is 2.40 bits per heavy atom. The standard InChI is InChI=1S/C30H36N4O4S2/c1-18-11-9-10-14-22(18)16-31-28(37)26-30(4,5)39-17-34(26)29(38)24(35)23(15-21-12-7-6-8-13-21)33-27(36)25-19(2)32-20(3)40-25/h6-14,23-24,26,35H,15-17H2,1-5H3,(H,31,37)(H,33,36). The number of aryl methyl sites for hydroxylation is 3. The van der Waals surface area contributed by atoms with E-state index < -0.39 is 28.8 Å². The molecule has 0 aliphatic carbocycles. The SMILES string of the molecule is Cc1nc(C)c(C(=O)NC(Cc2ccccc2)C(O)C(=O)N2CSC(C)(C)C2C(=O)NCc2ccccc2C)s1. The van der Waals surface area contributed by atoms with Crippen LogP contribution in [0.15, 0.2) is 54.6 Å². The first-order valence-corrected chi connectivity index (χ1v) is 15.0. The van der Waals surface area contributed by atoms with Crippen LogP contribution in [0.5, 0.6) is 0 Å². The van der Waals surface area contributed by atoms with Crippen molar-refractivity contribution in [1.82, 2.24) is 20.5 Å². The zero-order valence-corrected chi connectivity index (χ0v) is 25.1. The first-order valence-electron chi connectivity index (χ1n) is 13.2. The summed E-state index contributed by atoms with van der Waals surface area (Å²) in [6.45, 7) is 9.76. The predicted molar refractivity (Wildman–Crippen MR) is 159 cm³/mol. The van der Waals surface area contributed by atoms with Gasteiger partial charge in [-0.3, -0.25) is 14.4 Å². The Balaban J connectivity index is 1.55. The maximum absolute atomic E-state index is 13.8. The van der Waals surface area contributed by atoms with Crippen molar-refractivity contribution in [3.05, 3.63) is 86.9 Å². The van der Waals surface area contributed by atoms with Crippen LogP contribution >= 0.6 is 23.1 Å². The summed E-state index contributed by atoms with van der Waals surface area (Å²) >= 11 is 2.75. The van der Waals surface area contributed by atoms with Crippen molar-refractivity contribution in [3.8, 4) is 0 Å². The van der Waals surface area contributed by atoms with Crippen molar-refractivity contribution in [1.29, 1.82) is 0 Å². The Morgan fingerprint density at radius 1 is 1.07 bits per heavy atom. The van der Waals surface area contributed by atoms with Gasteiger partial charge in [-0.15, -0.1) is 23.1 Å². The molecule has 8 nitrogen and oxygen atoms in total. The monoisotopic (exact) mass is 580 g/mol. The van der Waals surface area contributed by atoms with Gasteiger partial charge in [0.2, 0.25) is 5.91 Å². The summed E-state index contributed by atoms with van der Waals surface area (Å²) in [5.41, 5.74) is 3.52. The summed E-state index contributed by atoms with van der Waals surface area (Å²) in [6.07, 6.45) is -1.31. The van der Waals surface area contributed by atoms with Gasteiger partial charge in [-0.2, -0.15) is 0 Å². The van der Waals surface area contributed by atoms with Crippen LogP contribution in [0.25, 0.3) is 0 Å². The third-order valence-corrected chi connectivity index (χ3v) is 9.60. The molecule has 3 aromatic rings. The minimum Gasteiger partial charge on any atom is -0.381 e. The molecule has 3 N–H and O–H groups in total. The minimum atomic E-state index is -1.56. The highest BCUT2D eigenvalue weighted by molar-refractivity contribution is 8.00. The topological polar surface area (TPSA) is 112 Å². The lowest BCUT2D eigenvalue weighted by Crippen LogP contribution is -2.58. The van der Waals surface area contributed by atoms with Crippen molar-refractivity contribution >= 4 is 40.8 Å². The van der Waals surface area contributed by atoms with Crippen LogP contribution < -0.4 is 10.6 Å². The van der Waals surface area contributed by atoms with E-state index in [4.69, 9.17) is 0 Å². The maximum atomic E-state index is 13.8. The van der Waals surface area contributed by atoms with Gasteiger partial charge in [0.1, 0.15) is 10.9 Å². The van der Waals surface area contributed by atoms with Gasteiger partial charge < -0.3 is 20.6 Å². The van der Waals surface area contributed by atoms with Crippen LogP contribution in [0.1, 0.15) is 50.9 Å². The van der Waals surface area contributed by atoms with Gasteiger partial charge in [0.05, 0.1) is 22.6 Å². The zero-order chi connectivity index (χ0) is 29.0. The van der Waals surface area contributed by atoms with Crippen molar-refractivity contribution in [3.63, 3.8) is 0 Å². The molecule has 40 heavy (non-hydrogen) atoms. The Bertz CT molecular complexity index is 1380. The number of aromatic nitrogens is 1. The van der Waals surface area contributed by atoms with Crippen molar-refractivity contribution in [2.75, 3.05) is 5.88 Å². The number of rotatable bonds is 9. The molecule has 0 radical (unpaired) electrons. The molecular formula is C30H36N4O4S2. The number of nitrogens with zero attached hydrogens (tertiary/aromatic N) is 2. The number of hydrogen-bond donors (Lipinski definition) is 3. The zero-order valence-electron chi connectivity index (χ0n) is 23.4. The van der Waals surface area contributed by atoms with Crippen LogP contribution in [-0.2, 0) is 22.6 Å². The second-order valence-corrected chi connectivity index (χ2v) is 13.4. The second kappa shape index (κ2) is 12.5. The van der Waals surface area contributed by atoms with E-state index in [0.29, 0.717) is 17.1 Å². The smallest absolute Gasteiger partial charge is 0.263 e. The van der Waals surface area contributed by atoms with E-state index in [9.17, 15) is 19.5 Å². The van der Waals surface area contributed by atoms with E-state index in [1.165, 1.54) is 28.0 Å². The number of carbonyl (C=O) groups is 3. The Hall–Kier alpha value is -3.21. The quantitative estimate of drug-likeness (QED) is 0.355. The molecule has 2 aromatic carbocycles. The normalized spacial score (nSPS) is 17.8. The minimum absolute atomic E-state index is 0.241. The van der Waals surface area contributed by atoms with E-state index in [-0.39, 0.29) is 24.1 Å². The lowest BCUT2D eigenvalue weighted by Gasteiger charge is -2.33. The first kappa shape index (κ1) is 29.8. The highest BCUT2D eigenvalue weighted by atomic mass is 32.2. The highest BCUT2D eigenvalue weighted by Crippen LogP contribution is 2.40. The highest BCUT2D eigenvalue weighted by Gasteiger charge is 2.49. The fourth-order valence-corrected chi connectivity index (χ4v) is 6.89. The third kappa shape index (κ3) is 6.74. The van der Waals surface area contributed by atoms with Crippen LogP contribution in [0.4, 0.5) is 0 Å². The average Bonchev–Trinajstić information content (AvgIpc) is 3.44. The van der Waals surface area contributed by atoms with Crippen LogP contribution in [0.2, 0.25) is 0 Å². The van der Waals surface area contributed by atoms with Crippen LogP contribution in [-0.4, -0.2) is 61.5 Å². The van der Waals surface area contributed by atoms with Gasteiger partial charge in [0.15, 0.2) is 6.10 Å². The summed E-state index contributed by atoms with van der Waals surface area (Å²) < 4.78 is -0.569. The third-order valence-electron chi connectivity index (χ3n) is 7.15. The summed E-state index contributed by atoms with van der Waals surface area (Å²) in [5.74, 6) is -1.00. The number of amides is 3. The fourth-order valence-electron chi connectivity index (χ4n) is 4.93. The fraction of sp³-hybridized carbons (Fsp3) is 0.400. The molecule has 2 heterocycles. The maximum Gasteiger partial charge on any atom is 0.263 e. The molecule has 212 valence electrons. The molecule has 3 unspecified atom stereocenters. The van der Waals surface area contributed by atoms with Gasteiger partial charge in [0, 0.05) is 11.3 Å². The average molecular weight is 581 g/mol. The molecule has 1 aromatic heterocycles. The number of nitrogens with one attached hydrogen (secondary N) is 2. The molecule has 0 spiro atoms. The van der Waals surface area contributed by atoms with E-state index >= 15 is 0 Å². The summed E-state index contributed by atoms with van der Waals surface area (Å²) in [5, 5.41) is 18.1. The molecular weight excluding hydrogens is 544 g/mol. The Labute approximate surface area is 243 Å². The van der Waals surface area contributed by atoms with Gasteiger partial charge in [-0.1, -0.05) is 54.6 Å². The number of aliphatic hydroxyl groups is 1. The van der Waals surface area contributed by atoms with Crippen molar-refractivity contribution < 1.29 is 19.5 Å². The van der Waals surface area contributed by atoms with Crippen LogP contribution in [0, 0.1) is 20.8 Å². The Kier molecular flexibility index (Phi) is 9.33. The molecule has 0 saturated carbocycles. The van der Waals surface area contributed by atoms with Gasteiger partial charge in [-0.05, 0) is 57.7 Å². The molecule has 1 fully saturated rings. The summed E-state index contributed by atoms with van der Waals surface area (Å²) in [6, 6.07) is 15.5. The molecule has 0 bridgehead atoms. The lowest BCUT2D eigenvalue weighted by atomic mass is 9.97. The lowest BCUT2D eigenvalue weighted by molar-refractivity contribution is -0.147. The van der Waals surface area contributed by atoms with E-state index in [2.05, 4.69) is 15.6 Å². The number of thiazole rings is 1. The molecule has 4 rings (SSSR count). The van der Waals surface area contributed by atoms with E-state index in [1.807, 2.05) is 82.3 Å². The second-order valence-electron chi connectivity index (χ2n) is 10.6. The molecule has 3 atom stereocenters. The summed E-state index contributed by atoms with van der Waals surface area (Å²) in [7, 11) is 0. The van der Waals surface area contributed by atoms with Crippen molar-refractivity contribution in [2.45, 2.75) is 70.5 Å². The number of benzene rings is 2. The molecule has 1 saturated heterocycles. The number of aliphatic hydroxyl groups excluding tert-OH is 1. The number of carbonyl (C=O) groups excluding carboxylic acids is 3. The van der Waals surface area contributed by atoms with Crippen molar-refractivity contribution in [2.24, 2.45) is 0 Å². The first-order chi connectivity index (χ1) is 19.0. The number of hydrogen-bond acceptors (Lipinski definition) is 7. The van der Waals surface area contributed by atoms with E-state index in [1.54, 1.807) is 6.92 Å². The Morgan fingerprint density at radius 2 is 1.75 bits per heavy atom. The van der Waals surface area contributed by atoms with Gasteiger partial charge in [-0.25, -0.2) is 4.98 Å². The largest absolute Gasteiger partial charge is 0.381 e. The summed E-state index contributed by atoms with van der Waals surface area (Å²) in [4.78, 5) is 46.7. The van der Waals surface area contributed by atoms with Crippen LogP contribution in [0.3, 0.4) is 0 Å². The van der Waals surface area contributed by atoms with Gasteiger partial charge >= 0.3 is 0 Å².